The van der Waals surface area contributed by atoms with Crippen molar-refractivity contribution in [2.75, 3.05) is 17.6 Å². The highest BCUT2D eigenvalue weighted by Gasteiger charge is 2.18. The van der Waals surface area contributed by atoms with Crippen molar-refractivity contribution in [3.05, 3.63) is 76.7 Å². The minimum Gasteiger partial charge on any atom is -0.346 e. The van der Waals surface area contributed by atoms with Crippen LogP contribution in [0, 0.1) is 20.8 Å². The van der Waals surface area contributed by atoms with Gasteiger partial charge in [0.1, 0.15) is 0 Å². The highest BCUT2D eigenvalue weighted by molar-refractivity contribution is 7.99. The molecule has 0 aliphatic rings. The normalized spacial score (nSPS) is 10.8. The third-order valence-corrected chi connectivity index (χ3v) is 6.90. The van der Waals surface area contributed by atoms with Crippen LogP contribution in [0.15, 0.2) is 65.1 Å². The van der Waals surface area contributed by atoms with Crippen LogP contribution >= 0.6 is 23.1 Å². The van der Waals surface area contributed by atoms with E-state index in [1.807, 2.05) is 85.3 Å². The van der Waals surface area contributed by atoms with Gasteiger partial charge in [-0.1, -0.05) is 53.7 Å². The number of nitrogens with zero attached hydrogens (tertiary/aromatic N) is 3. The molecule has 0 unspecified atom stereocenters. The molecule has 7 nitrogen and oxygen atoms in total. The van der Waals surface area contributed by atoms with Crippen LogP contribution in [-0.2, 0) is 9.59 Å². The summed E-state index contributed by atoms with van der Waals surface area (Å²) in [6.45, 7) is 5.83. The Morgan fingerprint density at radius 3 is 2.38 bits per heavy atom. The van der Waals surface area contributed by atoms with Crippen LogP contribution in [-0.4, -0.2) is 38.9 Å². The molecule has 0 saturated carbocycles. The summed E-state index contributed by atoms with van der Waals surface area (Å²) in [7, 11) is 0. The summed E-state index contributed by atoms with van der Waals surface area (Å²) in [6, 6.07) is 17.8. The molecule has 0 bridgehead atoms. The van der Waals surface area contributed by atoms with Crippen LogP contribution in [0.2, 0.25) is 0 Å². The Morgan fingerprint density at radius 1 is 0.971 bits per heavy atom. The highest BCUT2D eigenvalue weighted by atomic mass is 32.2. The van der Waals surface area contributed by atoms with Crippen LogP contribution in [0.3, 0.4) is 0 Å². The molecule has 34 heavy (non-hydrogen) atoms. The van der Waals surface area contributed by atoms with Gasteiger partial charge in [-0.05, 0) is 55.5 Å². The number of thioether (sulfide) groups is 1. The summed E-state index contributed by atoms with van der Waals surface area (Å²) in [6.07, 6.45) is 0. The van der Waals surface area contributed by atoms with Gasteiger partial charge in [0.15, 0.2) is 11.0 Å². The van der Waals surface area contributed by atoms with Gasteiger partial charge < -0.3 is 10.6 Å². The van der Waals surface area contributed by atoms with E-state index in [1.54, 1.807) is 11.3 Å². The molecule has 2 amide bonds. The second-order valence-corrected chi connectivity index (χ2v) is 9.73. The predicted octanol–water partition coefficient (Wildman–Crippen LogP) is 4.77. The van der Waals surface area contributed by atoms with E-state index in [0.29, 0.717) is 5.16 Å². The summed E-state index contributed by atoms with van der Waals surface area (Å²) in [5.74, 6) is 0.330. The van der Waals surface area contributed by atoms with E-state index in [4.69, 9.17) is 0 Å². The molecule has 174 valence electrons. The first-order valence-corrected chi connectivity index (χ1v) is 12.6. The Kier molecular flexibility index (Phi) is 7.44. The number of carbonyl (C=O) groups is 2. The van der Waals surface area contributed by atoms with Gasteiger partial charge in [0.25, 0.3) is 0 Å². The maximum absolute atomic E-state index is 12.5. The van der Waals surface area contributed by atoms with Crippen molar-refractivity contribution in [1.29, 1.82) is 0 Å². The third-order valence-electron chi connectivity index (χ3n) is 5.11. The van der Waals surface area contributed by atoms with Gasteiger partial charge in [-0.25, -0.2) is 0 Å². The summed E-state index contributed by atoms with van der Waals surface area (Å²) >= 11 is 2.86. The van der Waals surface area contributed by atoms with Crippen molar-refractivity contribution in [1.82, 2.24) is 20.1 Å². The summed E-state index contributed by atoms with van der Waals surface area (Å²) in [4.78, 5) is 25.9. The molecular weight excluding hydrogens is 466 g/mol. The molecule has 0 radical (unpaired) electrons. The zero-order chi connectivity index (χ0) is 24.1. The van der Waals surface area contributed by atoms with E-state index in [2.05, 4.69) is 20.8 Å². The quantitative estimate of drug-likeness (QED) is 0.347. The van der Waals surface area contributed by atoms with Crippen molar-refractivity contribution in [3.8, 4) is 16.4 Å². The molecular formula is C25H25N5O2S2. The van der Waals surface area contributed by atoms with E-state index in [1.165, 1.54) is 11.8 Å². The summed E-state index contributed by atoms with van der Waals surface area (Å²) < 4.78 is 1.94. The van der Waals surface area contributed by atoms with Crippen LogP contribution in [0.1, 0.15) is 16.7 Å². The molecule has 9 heteroatoms. The van der Waals surface area contributed by atoms with E-state index >= 15 is 0 Å². The zero-order valence-corrected chi connectivity index (χ0v) is 20.8. The number of aromatic nitrogens is 3. The number of aryl methyl sites for hydroxylation is 3. The molecule has 2 N–H and O–H groups in total. The fourth-order valence-corrected chi connectivity index (χ4v) is 5.14. The molecule has 4 aromatic rings. The lowest BCUT2D eigenvalue weighted by Crippen LogP contribution is -2.34. The Bertz CT molecular complexity index is 1280. The Balaban J connectivity index is 1.39. The van der Waals surface area contributed by atoms with Gasteiger partial charge in [0.05, 0.1) is 17.2 Å². The number of para-hydroxylation sites is 1. The van der Waals surface area contributed by atoms with Gasteiger partial charge in [-0.2, -0.15) is 0 Å². The van der Waals surface area contributed by atoms with Gasteiger partial charge >= 0.3 is 0 Å². The van der Waals surface area contributed by atoms with Crippen LogP contribution < -0.4 is 10.6 Å². The molecule has 2 aromatic heterocycles. The molecule has 4 rings (SSSR count). The van der Waals surface area contributed by atoms with Crippen molar-refractivity contribution in [2.45, 2.75) is 25.9 Å². The van der Waals surface area contributed by atoms with Gasteiger partial charge in [-0.3, -0.25) is 14.2 Å². The van der Waals surface area contributed by atoms with E-state index in [0.717, 1.165) is 38.8 Å². The predicted molar refractivity (Wildman–Crippen MR) is 138 cm³/mol. The molecule has 2 aromatic carbocycles. The Labute approximate surface area is 206 Å². The first kappa shape index (κ1) is 23.7. The zero-order valence-electron chi connectivity index (χ0n) is 19.2. The molecule has 0 atom stereocenters. The van der Waals surface area contributed by atoms with Crippen LogP contribution in [0.5, 0.6) is 0 Å². The fraction of sp³-hybridized carbons (Fsp3) is 0.200. The minimum atomic E-state index is -0.263. The molecule has 0 aliphatic carbocycles. The van der Waals surface area contributed by atoms with Crippen molar-refractivity contribution in [2.24, 2.45) is 0 Å². The second-order valence-electron chi connectivity index (χ2n) is 7.84. The highest BCUT2D eigenvalue weighted by Crippen LogP contribution is 2.30. The number of hydrogen-bond donors (Lipinski definition) is 2. The third kappa shape index (κ3) is 5.55. The summed E-state index contributed by atoms with van der Waals surface area (Å²) in [5.41, 5.74) is 4.84. The second kappa shape index (κ2) is 10.7. The van der Waals surface area contributed by atoms with Gasteiger partial charge in [-0.15, -0.1) is 21.5 Å². The molecule has 0 aliphatic heterocycles. The number of rotatable bonds is 8. The van der Waals surface area contributed by atoms with Crippen LogP contribution in [0.4, 0.5) is 5.69 Å². The standard InChI is InChI=1S/C25H25N5O2S2/c1-16-12-17(2)23(18(3)13-16)27-21(31)14-26-22(32)15-34-25-29-28-24(20-10-7-11-33-20)30(25)19-8-5-4-6-9-19/h4-13H,14-15H2,1-3H3,(H,26,32)(H,27,31). The maximum atomic E-state index is 12.5. The number of nitrogens with one attached hydrogen (secondary N) is 2. The maximum Gasteiger partial charge on any atom is 0.243 e. The smallest absolute Gasteiger partial charge is 0.243 e. The van der Waals surface area contributed by atoms with Gasteiger partial charge in [0, 0.05) is 11.4 Å². The van der Waals surface area contributed by atoms with Crippen molar-refractivity contribution < 1.29 is 9.59 Å². The molecule has 0 spiro atoms. The molecule has 0 saturated heterocycles. The lowest BCUT2D eigenvalue weighted by atomic mass is 10.1. The number of benzene rings is 2. The summed E-state index contributed by atoms with van der Waals surface area (Å²) in [5, 5.41) is 16.9. The number of thiophene rings is 1. The van der Waals surface area contributed by atoms with E-state index < -0.39 is 0 Å². The lowest BCUT2D eigenvalue weighted by Gasteiger charge is -2.13. The Morgan fingerprint density at radius 2 is 1.71 bits per heavy atom. The van der Waals surface area contributed by atoms with E-state index in [9.17, 15) is 9.59 Å². The van der Waals surface area contributed by atoms with Crippen molar-refractivity contribution >= 4 is 40.6 Å². The molecule has 0 fully saturated rings. The average Bonchev–Trinajstić information content (AvgIpc) is 3.49. The minimum absolute atomic E-state index is 0.0992. The lowest BCUT2D eigenvalue weighted by molar-refractivity contribution is -0.122. The SMILES string of the molecule is Cc1cc(C)c(NC(=O)CNC(=O)CSc2nnc(-c3cccs3)n2-c2ccccc2)c(C)c1. The van der Waals surface area contributed by atoms with Crippen molar-refractivity contribution in [3.63, 3.8) is 0 Å². The number of anilines is 1. The average molecular weight is 492 g/mol. The van der Waals surface area contributed by atoms with E-state index in [-0.39, 0.29) is 24.1 Å². The number of amides is 2. The molecule has 2 heterocycles. The fourth-order valence-electron chi connectivity index (χ4n) is 3.66. The first-order valence-electron chi connectivity index (χ1n) is 10.7. The monoisotopic (exact) mass is 491 g/mol. The topological polar surface area (TPSA) is 88.9 Å². The van der Waals surface area contributed by atoms with Gasteiger partial charge in [0.2, 0.25) is 11.8 Å². The largest absolute Gasteiger partial charge is 0.346 e. The number of carbonyl (C=O) groups excluding carboxylic acids is 2. The number of hydrogen-bond acceptors (Lipinski definition) is 6. The first-order chi connectivity index (χ1) is 16.4. The Hall–Kier alpha value is -3.43. The van der Waals surface area contributed by atoms with Crippen LogP contribution in [0.25, 0.3) is 16.4 Å².